The highest BCUT2D eigenvalue weighted by atomic mass is 16.5. The first kappa shape index (κ1) is 13.8. The highest BCUT2D eigenvalue weighted by Crippen LogP contribution is 2.26. The van der Waals surface area contributed by atoms with Gasteiger partial charge in [-0.3, -0.25) is 9.78 Å². The number of hydrogen-bond acceptors (Lipinski definition) is 4. The lowest BCUT2D eigenvalue weighted by Crippen LogP contribution is -2.20. The topological polar surface area (TPSA) is 88.5 Å². The molecule has 6 nitrogen and oxygen atoms in total. The Kier molecular flexibility index (Phi) is 4.14. The summed E-state index contributed by atoms with van der Waals surface area (Å²) in [6.07, 6.45) is 1.53. The predicted molar refractivity (Wildman–Crippen MR) is 72.9 cm³/mol. The molecule has 0 saturated carbocycles. The molecular weight excluding hydrogens is 260 g/mol. The molecule has 0 atom stereocenters. The summed E-state index contributed by atoms with van der Waals surface area (Å²) in [5.74, 6) is -1.09. The first-order valence-corrected chi connectivity index (χ1v) is 6.08. The summed E-state index contributed by atoms with van der Waals surface area (Å²) < 4.78 is 5.37. The fraction of sp³-hybridized carbons (Fsp3) is 0.214. The molecule has 1 heterocycles. The van der Waals surface area contributed by atoms with Crippen molar-refractivity contribution in [1.82, 2.24) is 10.3 Å². The average Bonchev–Trinajstić information content (AvgIpc) is 2.46. The van der Waals surface area contributed by atoms with Gasteiger partial charge in [-0.25, -0.2) is 4.79 Å². The largest absolute Gasteiger partial charge is 0.490 e. The number of fused-ring (bicyclic) bond motifs is 1. The van der Waals surface area contributed by atoms with Gasteiger partial charge in [0, 0.05) is 12.4 Å². The van der Waals surface area contributed by atoms with Crippen LogP contribution < -0.4 is 10.1 Å². The number of amides is 1. The molecule has 0 aliphatic heterocycles. The highest BCUT2D eigenvalue weighted by molar-refractivity contribution is 6.04. The van der Waals surface area contributed by atoms with Crippen LogP contribution in [0.5, 0.6) is 5.75 Å². The van der Waals surface area contributed by atoms with Gasteiger partial charge in [0.15, 0.2) is 5.75 Å². The highest BCUT2D eigenvalue weighted by Gasteiger charge is 2.16. The fourth-order valence-electron chi connectivity index (χ4n) is 1.83. The molecule has 104 valence electrons. The van der Waals surface area contributed by atoms with Crippen LogP contribution in [-0.4, -0.2) is 35.6 Å². The molecule has 6 heteroatoms. The monoisotopic (exact) mass is 274 g/mol. The zero-order valence-electron chi connectivity index (χ0n) is 10.9. The van der Waals surface area contributed by atoms with Gasteiger partial charge in [-0.05, 0) is 6.07 Å². The number of aromatic nitrogens is 1. The Labute approximate surface area is 115 Å². The van der Waals surface area contributed by atoms with Crippen LogP contribution in [0, 0.1) is 0 Å². The SMILES string of the molecule is CNC(=O)CCOc1cnc2ccccc2c1C(=O)O. The van der Waals surface area contributed by atoms with Crippen molar-refractivity contribution in [2.45, 2.75) is 6.42 Å². The molecule has 0 aliphatic carbocycles. The van der Waals surface area contributed by atoms with Gasteiger partial charge in [0.05, 0.1) is 24.7 Å². The normalized spacial score (nSPS) is 10.2. The van der Waals surface area contributed by atoms with Crippen LogP contribution in [0.2, 0.25) is 0 Å². The quantitative estimate of drug-likeness (QED) is 0.861. The van der Waals surface area contributed by atoms with E-state index in [2.05, 4.69) is 10.3 Å². The summed E-state index contributed by atoms with van der Waals surface area (Å²) in [6.45, 7) is 0.0972. The number of nitrogens with zero attached hydrogens (tertiary/aromatic N) is 1. The number of carbonyl (C=O) groups excluding carboxylic acids is 1. The third-order valence-electron chi connectivity index (χ3n) is 2.82. The fourth-order valence-corrected chi connectivity index (χ4v) is 1.83. The Bertz CT molecular complexity index is 655. The van der Waals surface area contributed by atoms with Crippen molar-refractivity contribution >= 4 is 22.8 Å². The van der Waals surface area contributed by atoms with E-state index in [1.165, 1.54) is 13.2 Å². The summed E-state index contributed by atoms with van der Waals surface area (Å²) in [5, 5.41) is 12.3. The number of pyridine rings is 1. The molecule has 2 aromatic rings. The van der Waals surface area contributed by atoms with Gasteiger partial charge in [0.1, 0.15) is 5.56 Å². The molecule has 0 spiro atoms. The van der Waals surface area contributed by atoms with E-state index >= 15 is 0 Å². The van der Waals surface area contributed by atoms with E-state index in [0.29, 0.717) is 10.9 Å². The minimum absolute atomic E-state index is 0.0625. The maximum absolute atomic E-state index is 11.4. The van der Waals surface area contributed by atoms with Crippen LogP contribution in [0.1, 0.15) is 16.8 Å². The summed E-state index contributed by atoms with van der Waals surface area (Å²) in [6, 6.07) is 6.94. The van der Waals surface area contributed by atoms with E-state index in [4.69, 9.17) is 4.74 Å². The van der Waals surface area contributed by atoms with E-state index in [1.54, 1.807) is 24.3 Å². The van der Waals surface area contributed by atoms with E-state index < -0.39 is 5.97 Å². The van der Waals surface area contributed by atoms with Gasteiger partial charge in [-0.15, -0.1) is 0 Å². The third-order valence-corrected chi connectivity index (χ3v) is 2.82. The lowest BCUT2D eigenvalue weighted by atomic mass is 10.1. The lowest BCUT2D eigenvalue weighted by Gasteiger charge is -2.10. The zero-order valence-corrected chi connectivity index (χ0v) is 10.9. The number of carboxylic acid groups (broad SMARTS) is 1. The number of rotatable bonds is 5. The number of carboxylic acids is 1. The molecule has 1 amide bonds. The number of para-hydroxylation sites is 1. The van der Waals surface area contributed by atoms with Crippen LogP contribution in [0.15, 0.2) is 30.5 Å². The van der Waals surface area contributed by atoms with Crippen LogP contribution in [0.3, 0.4) is 0 Å². The number of ether oxygens (including phenoxy) is 1. The molecule has 1 aromatic carbocycles. The van der Waals surface area contributed by atoms with Gasteiger partial charge in [-0.1, -0.05) is 18.2 Å². The first-order chi connectivity index (χ1) is 9.63. The number of hydrogen-bond donors (Lipinski definition) is 2. The number of benzene rings is 1. The smallest absolute Gasteiger partial charge is 0.340 e. The van der Waals surface area contributed by atoms with Crippen LogP contribution in [0.4, 0.5) is 0 Å². The second-order valence-electron chi connectivity index (χ2n) is 4.09. The Hall–Kier alpha value is -2.63. The van der Waals surface area contributed by atoms with E-state index in [0.717, 1.165) is 0 Å². The minimum Gasteiger partial charge on any atom is -0.490 e. The first-order valence-electron chi connectivity index (χ1n) is 6.08. The molecular formula is C14H14N2O4. The maximum atomic E-state index is 11.4. The molecule has 0 unspecified atom stereocenters. The summed E-state index contributed by atoms with van der Waals surface area (Å²) in [7, 11) is 1.53. The molecule has 20 heavy (non-hydrogen) atoms. The summed E-state index contributed by atoms with van der Waals surface area (Å²) in [4.78, 5) is 26.7. The molecule has 2 rings (SSSR count). The van der Waals surface area contributed by atoms with Crippen LogP contribution >= 0.6 is 0 Å². The Morgan fingerprint density at radius 2 is 2.10 bits per heavy atom. The standard InChI is InChI=1S/C14H14N2O4/c1-15-12(17)6-7-20-11-8-16-10-5-3-2-4-9(10)13(11)14(18)19/h2-5,8H,6-7H2,1H3,(H,15,17)(H,18,19). The van der Waals surface area contributed by atoms with Crippen molar-refractivity contribution < 1.29 is 19.4 Å². The third kappa shape index (κ3) is 2.85. The molecule has 0 saturated heterocycles. The van der Waals surface area contributed by atoms with Gasteiger partial charge >= 0.3 is 5.97 Å². The van der Waals surface area contributed by atoms with Gasteiger partial charge in [0.2, 0.25) is 5.91 Å². The van der Waals surface area contributed by atoms with Gasteiger partial charge < -0.3 is 15.2 Å². The molecule has 0 bridgehead atoms. The number of carbonyl (C=O) groups is 2. The molecule has 0 aliphatic rings. The van der Waals surface area contributed by atoms with Crippen molar-refractivity contribution in [2.75, 3.05) is 13.7 Å². The van der Waals surface area contributed by atoms with E-state index in [1.807, 2.05) is 0 Å². The average molecular weight is 274 g/mol. The van der Waals surface area contributed by atoms with E-state index in [-0.39, 0.29) is 30.2 Å². The molecule has 2 N–H and O–H groups in total. The molecule has 1 aromatic heterocycles. The summed E-state index contributed by atoms with van der Waals surface area (Å²) >= 11 is 0. The zero-order chi connectivity index (χ0) is 14.5. The van der Waals surface area contributed by atoms with Crippen LogP contribution in [0.25, 0.3) is 10.9 Å². The van der Waals surface area contributed by atoms with Gasteiger partial charge in [-0.2, -0.15) is 0 Å². The van der Waals surface area contributed by atoms with Crippen molar-refractivity contribution in [2.24, 2.45) is 0 Å². The number of aromatic carboxylic acids is 1. The second-order valence-corrected chi connectivity index (χ2v) is 4.09. The number of nitrogens with one attached hydrogen (secondary N) is 1. The van der Waals surface area contributed by atoms with Crippen molar-refractivity contribution in [3.05, 3.63) is 36.0 Å². The van der Waals surface area contributed by atoms with Gasteiger partial charge in [0.25, 0.3) is 0 Å². The second kappa shape index (κ2) is 6.01. The Morgan fingerprint density at radius 3 is 2.80 bits per heavy atom. The summed E-state index contributed by atoms with van der Waals surface area (Å²) in [5.41, 5.74) is 0.649. The minimum atomic E-state index is -1.08. The van der Waals surface area contributed by atoms with Crippen molar-refractivity contribution in [1.29, 1.82) is 0 Å². The predicted octanol–water partition coefficient (Wildman–Crippen LogP) is 1.45. The Morgan fingerprint density at radius 1 is 1.35 bits per heavy atom. The molecule has 0 fully saturated rings. The van der Waals surface area contributed by atoms with E-state index in [9.17, 15) is 14.7 Å². The van der Waals surface area contributed by atoms with Crippen molar-refractivity contribution in [3.63, 3.8) is 0 Å². The maximum Gasteiger partial charge on any atom is 0.340 e. The molecule has 0 radical (unpaired) electrons. The van der Waals surface area contributed by atoms with Crippen LogP contribution in [-0.2, 0) is 4.79 Å². The Balaban J connectivity index is 2.31. The lowest BCUT2D eigenvalue weighted by molar-refractivity contribution is -0.121. The van der Waals surface area contributed by atoms with Crippen molar-refractivity contribution in [3.8, 4) is 5.75 Å².